The van der Waals surface area contributed by atoms with E-state index in [1.54, 1.807) is 0 Å². The second-order valence-electron chi connectivity index (χ2n) is 1.32. The lowest BCUT2D eigenvalue weighted by molar-refractivity contribution is -0.377. The van der Waals surface area contributed by atoms with Gasteiger partial charge in [0, 0.05) is 12.1 Å². The van der Waals surface area contributed by atoms with Crippen LogP contribution in [-0.4, -0.2) is 4.89 Å². The molecule has 0 aromatic carbocycles. The molecule has 2 N–H and O–H groups in total. The van der Waals surface area contributed by atoms with Crippen LogP contribution in [0.5, 0.6) is 0 Å². The molecule has 0 aliphatic heterocycles. The predicted molar refractivity (Wildman–Crippen MR) is 32.8 cm³/mol. The first-order valence-electron chi connectivity index (χ1n) is 2.48. The van der Waals surface area contributed by atoms with Crippen molar-refractivity contribution in [2.24, 2.45) is 0 Å². The summed E-state index contributed by atoms with van der Waals surface area (Å²) in [6.07, 6.45) is 3.75. The van der Waals surface area contributed by atoms with Crippen molar-refractivity contribution in [3.63, 3.8) is 0 Å². The van der Waals surface area contributed by atoms with Gasteiger partial charge in [0.2, 0.25) is 0 Å². The Kier molecular flexibility index (Phi) is 5.77. The Labute approximate surface area is 59.1 Å². The van der Waals surface area contributed by atoms with Crippen molar-refractivity contribution in [2.45, 2.75) is 0 Å². The molecule has 0 saturated carbocycles. The minimum absolute atomic E-state index is 1.88. The van der Waals surface area contributed by atoms with Crippen LogP contribution in [0.25, 0.3) is 0 Å². The van der Waals surface area contributed by atoms with Gasteiger partial charge in [0.25, 0.3) is 0 Å². The summed E-state index contributed by atoms with van der Waals surface area (Å²) in [4.78, 5) is 18.5. The van der Waals surface area contributed by atoms with E-state index in [2.05, 4.69) is 4.98 Å². The van der Waals surface area contributed by atoms with Gasteiger partial charge >= 0.3 is 8.25 Å². The molecule has 4 nitrogen and oxygen atoms in total. The highest BCUT2D eigenvalue weighted by molar-refractivity contribution is 7.29. The molecule has 1 rings (SSSR count). The summed E-state index contributed by atoms with van der Waals surface area (Å²) >= 11 is 0. The molecule has 0 fully saturated rings. The molecule has 10 heavy (non-hydrogen) atoms. The number of hydrogen-bond acceptors (Lipinski definition) is 2. The van der Waals surface area contributed by atoms with E-state index in [1.807, 2.05) is 30.6 Å². The lowest BCUT2D eigenvalue weighted by Crippen LogP contribution is -1.93. The van der Waals surface area contributed by atoms with Gasteiger partial charge in [0.05, 0.1) is 0 Å². The van der Waals surface area contributed by atoms with Crippen molar-refractivity contribution in [3.8, 4) is 0 Å². The third-order valence-corrected chi connectivity index (χ3v) is 0.607. The van der Waals surface area contributed by atoms with E-state index in [9.17, 15) is 0 Å². The zero-order chi connectivity index (χ0) is 7.82. The number of aromatic nitrogens is 1. The lowest BCUT2D eigenvalue weighted by Gasteiger charge is -1.63. The largest absolute Gasteiger partial charge is 0.567 e. The van der Waals surface area contributed by atoms with Crippen LogP contribution in [0.15, 0.2) is 30.6 Å². The van der Waals surface area contributed by atoms with E-state index < -0.39 is 8.25 Å². The van der Waals surface area contributed by atoms with Crippen LogP contribution in [0.1, 0.15) is 0 Å². The normalized spacial score (nSPS) is 9.20. The molecule has 0 saturated heterocycles. The summed E-state index contributed by atoms with van der Waals surface area (Å²) in [6.45, 7) is 0. The van der Waals surface area contributed by atoms with Crippen LogP contribution in [0, 0.1) is 0 Å². The van der Waals surface area contributed by atoms with E-state index in [-0.39, 0.29) is 0 Å². The average Bonchev–Trinajstić information content (AvgIpc) is 1.90. The molecule has 0 bridgehead atoms. The molecule has 1 unspecified atom stereocenters. The maximum atomic E-state index is 8.59. The van der Waals surface area contributed by atoms with Gasteiger partial charge in [-0.2, -0.15) is 4.89 Å². The maximum absolute atomic E-state index is 8.59. The Balaban J connectivity index is 0.000000180. The Morgan fingerprint density at radius 3 is 1.80 bits per heavy atom. The number of H-pyrrole nitrogens is 1. The van der Waals surface area contributed by atoms with Crippen molar-refractivity contribution >= 4 is 8.25 Å². The fourth-order valence-corrected chi connectivity index (χ4v) is 0.342. The van der Waals surface area contributed by atoms with Crippen molar-refractivity contribution in [1.29, 1.82) is 0 Å². The van der Waals surface area contributed by atoms with E-state index in [4.69, 9.17) is 14.4 Å². The van der Waals surface area contributed by atoms with Gasteiger partial charge in [-0.15, -0.1) is 0 Å². The van der Waals surface area contributed by atoms with Gasteiger partial charge in [-0.1, -0.05) is 6.07 Å². The molecular weight excluding hydrogens is 153 g/mol. The van der Waals surface area contributed by atoms with Gasteiger partial charge in [-0.05, 0) is 4.57 Å². The predicted octanol–water partition coefficient (Wildman–Crippen LogP) is -0.503. The van der Waals surface area contributed by atoms with Crippen LogP contribution in [0.3, 0.4) is 0 Å². The number of pyridine rings is 1. The SMILES string of the molecule is O=[P+]([O-])O.c1cc[nH+]cc1. The molecule has 1 aromatic rings. The van der Waals surface area contributed by atoms with E-state index in [1.165, 1.54) is 0 Å². The first-order chi connectivity index (χ1) is 4.73. The summed E-state index contributed by atoms with van der Waals surface area (Å²) in [7, 11) is -3.12. The summed E-state index contributed by atoms with van der Waals surface area (Å²) in [5, 5.41) is 0. The Hall–Kier alpha value is -0.830. The van der Waals surface area contributed by atoms with E-state index in [0.717, 1.165) is 0 Å². The lowest BCUT2D eigenvalue weighted by atomic mass is 10.5. The Morgan fingerprint density at radius 2 is 1.70 bits per heavy atom. The molecule has 0 radical (unpaired) electrons. The minimum Gasteiger partial charge on any atom is -0.567 e. The van der Waals surface area contributed by atoms with Gasteiger partial charge in [0.1, 0.15) is 0 Å². The molecular formula is C5H7NO3P+. The summed E-state index contributed by atoms with van der Waals surface area (Å²) in [5.41, 5.74) is 0. The van der Waals surface area contributed by atoms with Crippen molar-refractivity contribution in [1.82, 2.24) is 0 Å². The quantitative estimate of drug-likeness (QED) is 0.519. The molecule has 0 spiro atoms. The van der Waals surface area contributed by atoms with Gasteiger partial charge in [-0.3, -0.25) is 0 Å². The highest BCUT2D eigenvalue weighted by atomic mass is 31.1. The molecule has 0 aliphatic carbocycles. The second kappa shape index (κ2) is 6.29. The molecule has 5 heteroatoms. The number of aromatic amines is 1. The van der Waals surface area contributed by atoms with Crippen LogP contribution < -0.4 is 9.88 Å². The molecule has 1 atom stereocenters. The molecule has 0 amide bonds. The van der Waals surface area contributed by atoms with Gasteiger partial charge in [0.15, 0.2) is 12.4 Å². The molecule has 54 valence electrons. The first kappa shape index (κ1) is 9.17. The third kappa shape index (κ3) is 10.2. The smallest absolute Gasteiger partial charge is 0.485 e. The van der Waals surface area contributed by atoms with Gasteiger partial charge in [-0.25, -0.2) is 4.98 Å². The molecule has 1 heterocycles. The molecule has 1 aromatic heterocycles. The van der Waals surface area contributed by atoms with Crippen molar-refractivity contribution in [3.05, 3.63) is 30.6 Å². The fraction of sp³-hybridized carbons (Fsp3) is 0. The topological polar surface area (TPSA) is 74.5 Å². The van der Waals surface area contributed by atoms with Crippen LogP contribution in [0.2, 0.25) is 0 Å². The first-order valence-corrected chi connectivity index (χ1v) is 3.61. The van der Waals surface area contributed by atoms with Crippen molar-refractivity contribution in [2.75, 3.05) is 0 Å². The number of hydrogen-bond donors (Lipinski definition) is 1. The summed E-state index contributed by atoms with van der Waals surface area (Å²) in [6, 6.07) is 5.86. The maximum Gasteiger partial charge on any atom is 0.485 e. The summed E-state index contributed by atoms with van der Waals surface area (Å²) in [5.74, 6) is 0. The van der Waals surface area contributed by atoms with E-state index >= 15 is 0 Å². The Bertz CT molecular complexity index is 149. The number of rotatable bonds is 0. The highest BCUT2D eigenvalue weighted by Crippen LogP contribution is 1.89. The standard InChI is InChI=1S/C5H5N.HO3P/c1-2-4-6-5-3-1;1-4(2)3/h1-5H;(H,1,2,3)/p+1. The van der Waals surface area contributed by atoms with E-state index in [0.29, 0.717) is 0 Å². The third-order valence-electron chi connectivity index (χ3n) is 0.607. The molecule has 0 aliphatic rings. The van der Waals surface area contributed by atoms with Crippen LogP contribution in [-0.2, 0) is 4.57 Å². The number of nitrogens with one attached hydrogen (secondary N) is 1. The van der Waals surface area contributed by atoms with Crippen molar-refractivity contribution < 1.29 is 19.3 Å². The van der Waals surface area contributed by atoms with Gasteiger partial charge < -0.3 is 4.89 Å². The zero-order valence-corrected chi connectivity index (χ0v) is 5.99. The second-order valence-corrected chi connectivity index (χ2v) is 1.79. The van der Waals surface area contributed by atoms with Crippen LogP contribution in [0.4, 0.5) is 0 Å². The zero-order valence-electron chi connectivity index (χ0n) is 5.10. The Morgan fingerprint density at radius 1 is 1.30 bits per heavy atom. The monoisotopic (exact) mass is 160 g/mol. The fourth-order valence-electron chi connectivity index (χ4n) is 0.342. The van der Waals surface area contributed by atoms with Crippen LogP contribution >= 0.6 is 8.25 Å². The minimum atomic E-state index is -3.12. The highest BCUT2D eigenvalue weighted by Gasteiger charge is 1.73. The summed E-state index contributed by atoms with van der Waals surface area (Å²) < 4.78 is 8.59. The average molecular weight is 160 g/mol.